The Morgan fingerprint density at radius 2 is 1.64 bits per heavy atom. The molecule has 222 valence electrons. The van der Waals surface area contributed by atoms with Crippen LogP contribution in [-0.2, 0) is 31.6 Å². The topological polar surface area (TPSA) is 277 Å². The van der Waals surface area contributed by atoms with E-state index in [0.29, 0.717) is 17.9 Å². The quantitative estimate of drug-likeness (QED) is 0.0904. The molecule has 19 nitrogen and oxygen atoms in total. The van der Waals surface area contributed by atoms with Crippen molar-refractivity contribution in [2.45, 2.75) is 50.2 Å². The van der Waals surface area contributed by atoms with Crippen LogP contribution in [0.1, 0.15) is 31.9 Å². The standard InChI is InChI=1S/C17H31N6O13P3/c1-18-6-4-2-3-5-7-19-15-12-16(21-9-20-15)23(10-22-12)17-14(25)13(24)11(34-17)8-33-38(29,30)36-39(31,32)35-37(26,27)28/h9-11,13-14,17-18,24-25H,2-8H2,1H3,(H,29,30)(H,31,32)(H,19,20,21)(H2,26,27,28)/t11-,13?,14?,17-/m1/s1. The number of ether oxygens (including phenoxy) is 1. The van der Waals surface area contributed by atoms with Crippen molar-refractivity contribution in [1.29, 1.82) is 0 Å². The minimum atomic E-state index is -5.71. The highest BCUT2D eigenvalue weighted by atomic mass is 31.3. The summed E-state index contributed by atoms with van der Waals surface area (Å²) in [6.45, 7) is 0.657. The zero-order valence-corrected chi connectivity index (χ0v) is 23.3. The van der Waals surface area contributed by atoms with E-state index in [1.54, 1.807) is 0 Å². The Hall–Kier alpha value is -1.40. The predicted octanol–water partition coefficient (Wildman–Crippen LogP) is -0.0195. The SMILES string of the molecule is CNCCCCCCNc1ncnc2c1ncn2[C@@H]1O[C@H](COP(=O)(O)OP(=O)(O)OP(=O)(O)O)C(O)C1O. The number of phosphoric ester groups is 1. The fraction of sp³-hybridized carbons (Fsp3) is 0.706. The monoisotopic (exact) mass is 620 g/mol. The van der Waals surface area contributed by atoms with Gasteiger partial charge in [-0.1, -0.05) is 12.8 Å². The minimum absolute atomic E-state index is 0.256. The molecule has 3 rings (SSSR count). The van der Waals surface area contributed by atoms with Crippen molar-refractivity contribution in [3.8, 4) is 0 Å². The Labute approximate surface area is 222 Å². The van der Waals surface area contributed by atoms with Crippen molar-refractivity contribution in [2.75, 3.05) is 32.1 Å². The molecule has 0 amide bonds. The van der Waals surface area contributed by atoms with Crippen molar-refractivity contribution in [3.05, 3.63) is 12.7 Å². The van der Waals surface area contributed by atoms with Gasteiger partial charge >= 0.3 is 23.5 Å². The van der Waals surface area contributed by atoms with Crippen LogP contribution >= 0.6 is 23.5 Å². The van der Waals surface area contributed by atoms with Crippen LogP contribution in [0.2, 0.25) is 0 Å². The number of imidazole rings is 1. The van der Waals surface area contributed by atoms with E-state index in [2.05, 4.69) is 38.7 Å². The van der Waals surface area contributed by atoms with Gasteiger partial charge < -0.3 is 45.2 Å². The molecule has 6 atom stereocenters. The number of aliphatic hydroxyl groups is 2. The average Bonchev–Trinajstić information content (AvgIpc) is 3.36. The molecule has 1 aliphatic heterocycles. The molecule has 0 spiro atoms. The number of hydrogen-bond donors (Lipinski definition) is 8. The fourth-order valence-electron chi connectivity index (χ4n) is 3.72. The Morgan fingerprint density at radius 3 is 2.31 bits per heavy atom. The summed E-state index contributed by atoms with van der Waals surface area (Å²) in [5.41, 5.74) is 0.626. The van der Waals surface area contributed by atoms with E-state index in [1.807, 2.05) is 7.05 Å². The van der Waals surface area contributed by atoms with Gasteiger partial charge in [-0.25, -0.2) is 28.6 Å². The molecule has 2 aromatic heterocycles. The number of anilines is 1. The van der Waals surface area contributed by atoms with Crippen LogP contribution in [0.5, 0.6) is 0 Å². The fourth-order valence-corrected chi connectivity index (χ4v) is 6.75. The van der Waals surface area contributed by atoms with Gasteiger partial charge in [0.05, 0.1) is 12.9 Å². The Balaban J connectivity index is 1.62. The summed E-state index contributed by atoms with van der Waals surface area (Å²) in [4.78, 5) is 48.6. The second-order valence-corrected chi connectivity index (χ2v) is 12.8. The minimum Gasteiger partial charge on any atom is -0.387 e. The Morgan fingerprint density at radius 1 is 0.949 bits per heavy atom. The third kappa shape index (κ3) is 9.31. The number of phosphoric acid groups is 3. The van der Waals surface area contributed by atoms with Crippen LogP contribution in [0.3, 0.4) is 0 Å². The number of hydrogen-bond acceptors (Lipinski definition) is 14. The van der Waals surface area contributed by atoms with Crippen LogP contribution in [0.4, 0.5) is 5.82 Å². The first-order chi connectivity index (χ1) is 18.2. The highest BCUT2D eigenvalue weighted by Gasteiger charge is 2.47. The zero-order chi connectivity index (χ0) is 28.8. The van der Waals surface area contributed by atoms with E-state index in [-0.39, 0.29) is 5.65 Å². The van der Waals surface area contributed by atoms with Crippen LogP contribution in [0.15, 0.2) is 12.7 Å². The molecule has 22 heteroatoms. The van der Waals surface area contributed by atoms with Gasteiger partial charge in [0.1, 0.15) is 24.6 Å². The van der Waals surface area contributed by atoms with Crippen LogP contribution < -0.4 is 10.6 Å². The molecular formula is C17H31N6O13P3. The molecule has 1 fully saturated rings. The average molecular weight is 620 g/mol. The maximum Gasteiger partial charge on any atom is 0.490 e. The van der Waals surface area contributed by atoms with Crippen molar-refractivity contribution in [3.63, 3.8) is 0 Å². The number of rotatable bonds is 16. The van der Waals surface area contributed by atoms with E-state index in [9.17, 15) is 33.7 Å². The highest BCUT2D eigenvalue weighted by Crippen LogP contribution is 2.66. The van der Waals surface area contributed by atoms with Crippen molar-refractivity contribution < 1.29 is 61.4 Å². The molecule has 1 saturated heterocycles. The molecule has 0 aliphatic carbocycles. The van der Waals surface area contributed by atoms with Gasteiger partial charge in [0.2, 0.25) is 0 Å². The van der Waals surface area contributed by atoms with E-state index >= 15 is 0 Å². The summed E-state index contributed by atoms with van der Waals surface area (Å²) in [5.74, 6) is 0.450. The number of aromatic nitrogens is 4. The molecule has 0 aromatic carbocycles. The molecule has 0 saturated carbocycles. The maximum absolute atomic E-state index is 12.0. The van der Waals surface area contributed by atoms with Gasteiger partial charge in [0.15, 0.2) is 23.2 Å². The molecule has 3 heterocycles. The predicted molar refractivity (Wildman–Crippen MR) is 132 cm³/mol. The Bertz CT molecular complexity index is 1240. The summed E-state index contributed by atoms with van der Waals surface area (Å²) in [6, 6.07) is 0. The van der Waals surface area contributed by atoms with Crippen LogP contribution in [-0.4, -0.2) is 94.4 Å². The van der Waals surface area contributed by atoms with Gasteiger partial charge in [0.25, 0.3) is 0 Å². The lowest BCUT2D eigenvalue weighted by Crippen LogP contribution is -2.33. The molecule has 39 heavy (non-hydrogen) atoms. The number of aliphatic hydroxyl groups excluding tert-OH is 2. The first-order valence-corrected chi connectivity index (χ1v) is 16.1. The maximum atomic E-state index is 12.0. The third-order valence-corrected chi connectivity index (χ3v) is 9.24. The van der Waals surface area contributed by atoms with Gasteiger partial charge in [-0.2, -0.15) is 8.62 Å². The van der Waals surface area contributed by atoms with E-state index < -0.39 is 54.6 Å². The normalized spacial score (nSPS) is 25.0. The smallest absolute Gasteiger partial charge is 0.387 e. The first kappa shape index (κ1) is 32.1. The lowest BCUT2D eigenvalue weighted by molar-refractivity contribution is -0.0503. The van der Waals surface area contributed by atoms with Gasteiger partial charge in [-0.3, -0.25) is 9.09 Å². The summed E-state index contributed by atoms with van der Waals surface area (Å²) in [5, 5.41) is 27.2. The molecule has 8 N–H and O–H groups in total. The summed E-state index contributed by atoms with van der Waals surface area (Å²) in [7, 11) is -14.8. The van der Waals surface area contributed by atoms with E-state index in [4.69, 9.17) is 14.5 Å². The second kappa shape index (κ2) is 13.5. The molecule has 0 radical (unpaired) electrons. The number of nitrogens with zero attached hydrogens (tertiary/aromatic N) is 4. The molecule has 1 aliphatic rings. The second-order valence-electron chi connectivity index (χ2n) is 8.42. The molecule has 0 bridgehead atoms. The number of fused-ring (bicyclic) bond motifs is 1. The van der Waals surface area contributed by atoms with Crippen molar-refractivity contribution in [1.82, 2.24) is 24.8 Å². The van der Waals surface area contributed by atoms with Crippen molar-refractivity contribution in [2.24, 2.45) is 0 Å². The zero-order valence-electron chi connectivity index (χ0n) is 20.6. The lowest BCUT2D eigenvalue weighted by atomic mass is 10.1. The van der Waals surface area contributed by atoms with Crippen LogP contribution in [0, 0.1) is 0 Å². The molecular weight excluding hydrogens is 589 g/mol. The molecule has 4 unspecified atom stereocenters. The van der Waals surface area contributed by atoms with E-state index in [1.165, 1.54) is 17.2 Å². The summed E-state index contributed by atoms with van der Waals surface area (Å²) in [6.07, 6.45) is 0.707. The third-order valence-electron chi connectivity index (χ3n) is 5.43. The first-order valence-electron chi connectivity index (χ1n) is 11.6. The van der Waals surface area contributed by atoms with E-state index in [0.717, 1.165) is 32.2 Å². The van der Waals surface area contributed by atoms with Gasteiger partial charge in [-0.15, -0.1) is 0 Å². The van der Waals surface area contributed by atoms with Gasteiger partial charge in [-0.05, 0) is 26.4 Å². The largest absolute Gasteiger partial charge is 0.490 e. The lowest BCUT2D eigenvalue weighted by Gasteiger charge is -2.19. The highest BCUT2D eigenvalue weighted by molar-refractivity contribution is 7.66. The summed E-state index contributed by atoms with van der Waals surface area (Å²) < 4.78 is 52.8. The number of nitrogens with one attached hydrogen (secondary N) is 2. The number of unbranched alkanes of at least 4 members (excludes halogenated alkanes) is 3. The van der Waals surface area contributed by atoms with Gasteiger partial charge in [0, 0.05) is 6.54 Å². The van der Waals surface area contributed by atoms with Crippen LogP contribution in [0.25, 0.3) is 11.2 Å². The summed E-state index contributed by atoms with van der Waals surface area (Å²) >= 11 is 0. The molecule has 2 aromatic rings. The Kier molecular flexibility index (Phi) is 11.1. The van der Waals surface area contributed by atoms with Crippen molar-refractivity contribution >= 4 is 40.4 Å².